The maximum Gasteiger partial charge on any atom is 2.00 e. The first-order chi connectivity index (χ1) is 8.86. The summed E-state index contributed by atoms with van der Waals surface area (Å²) in [4.78, 5) is 0. The second kappa shape index (κ2) is 13.7. The van der Waals surface area contributed by atoms with Gasteiger partial charge >= 0.3 is 23.1 Å². The number of nitrogens with zero attached hydrogens (tertiary/aromatic N) is 2. The normalized spacial score (nSPS) is 21.2. The molecule has 2 rings (SSSR count). The molecule has 0 atom stereocenters. The second-order valence-corrected chi connectivity index (χ2v) is 5.58. The minimum Gasteiger partial charge on any atom is -0.660 e. The van der Waals surface area contributed by atoms with Gasteiger partial charge in [0.2, 0.25) is 0 Å². The summed E-state index contributed by atoms with van der Waals surface area (Å²) >= 11 is 0. The monoisotopic (exact) mass is 276 g/mol. The molecular formula is C16H32MgN2. The van der Waals surface area contributed by atoms with Gasteiger partial charge in [-0.2, -0.15) is 13.1 Å². The van der Waals surface area contributed by atoms with Gasteiger partial charge < -0.3 is 10.6 Å². The molecule has 0 heterocycles. The van der Waals surface area contributed by atoms with Crippen LogP contribution in [0, 0.1) is 0 Å². The zero-order valence-corrected chi connectivity index (χ0v) is 14.7. The average Bonchev–Trinajstić information content (AvgIpc) is 2.43. The van der Waals surface area contributed by atoms with Crippen LogP contribution in [0.3, 0.4) is 0 Å². The molecule has 2 aliphatic rings. The van der Waals surface area contributed by atoms with Crippen molar-refractivity contribution in [1.29, 1.82) is 0 Å². The molecule has 2 fully saturated rings. The molecule has 0 aliphatic heterocycles. The Kier molecular flexibility index (Phi) is 14.2. The van der Waals surface area contributed by atoms with Gasteiger partial charge in [0.25, 0.3) is 0 Å². The smallest absolute Gasteiger partial charge is 0.660 e. The van der Waals surface area contributed by atoms with Gasteiger partial charge in [0.1, 0.15) is 0 Å². The molecule has 19 heavy (non-hydrogen) atoms. The van der Waals surface area contributed by atoms with Crippen LogP contribution in [-0.2, 0) is 0 Å². The maximum atomic E-state index is 4.48. The van der Waals surface area contributed by atoms with Crippen LogP contribution in [0.1, 0.15) is 78.1 Å². The van der Waals surface area contributed by atoms with Crippen molar-refractivity contribution in [3.63, 3.8) is 0 Å². The van der Waals surface area contributed by atoms with Crippen molar-refractivity contribution in [3.05, 3.63) is 10.6 Å². The van der Waals surface area contributed by atoms with Crippen LogP contribution in [0.5, 0.6) is 0 Å². The van der Waals surface area contributed by atoms with Crippen molar-refractivity contribution in [3.8, 4) is 0 Å². The van der Waals surface area contributed by atoms with Gasteiger partial charge in [0.15, 0.2) is 0 Å². The summed E-state index contributed by atoms with van der Waals surface area (Å²) in [5, 5.41) is 8.97. The SMILES string of the molecule is CC[N-]C1CCCCC1.CC[N-]C1CCCCC1.[Mg+2]. The molecule has 0 amide bonds. The van der Waals surface area contributed by atoms with Crippen molar-refractivity contribution < 1.29 is 0 Å². The summed E-state index contributed by atoms with van der Waals surface area (Å²) < 4.78 is 0. The van der Waals surface area contributed by atoms with Crippen LogP contribution >= 0.6 is 0 Å². The third-order valence-electron chi connectivity index (χ3n) is 4.03. The third-order valence-corrected chi connectivity index (χ3v) is 4.03. The van der Waals surface area contributed by atoms with Gasteiger partial charge in [0.05, 0.1) is 0 Å². The van der Waals surface area contributed by atoms with E-state index in [0.29, 0.717) is 0 Å². The molecule has 0 saturated heterocycles. The molecule has 0 aromatic carbocycles. The Morgan fingerprint density at radius 2 is 0.947 bits per heavy atom. The Hall–Kier alpha value is 0.686. The van der Waals surface area contributed by atoms with Crippen LogP contribution < -0.4 is 0 Å². The van der Waals surface area contributed by atoms with Crippen LogP contribution in [-0.4, -0.2) is 48.2 Å². The maximum absolute atomic E-state index is 4.48. The summed E-state index contributed by atoms with van der Waals surface area (Å²) in [6, 6.07) is 1.45. The first-order valence-corrected chi connectivity index (χ1v) is 8.20. The molecule has 0 aromatic rings. The van der Waals surface area contributed by atoms with Gasteiger partial charge in [-0.3, -0.25) is 0 Å². The molecule has 0 radical (unpaired) electrons. The van der Waals surface area contributed by atoms with Crippen LogP contribution in [0.15, 0.2) is 0 Å². The number of rotatable bonds is 4. The molecule has 0 aromatic heterocycles. The summed E-state index contributed by atoms with van der Waals surface area (Å²) in [5.74, 6) is 0. The van der Waals surface area contributed by atoms with Crippen LogP contribution in [0.2, 0.25) is 0 Å². The first kappa shape index (κ1) is 19.7. The van der Waals surface area contributed by atoms with E-state index in [1.165, 1.54) is 64.2 Å². The van der Waals surface area contributed by atoms with Crippen LogP contribution in [0.25, 0.3) is 10.6 Å². The quantitative estimate of drug-likeness (QED) is 0.643. The van der Waals surface area contributed by atoms with E-state index in [0.717, 1.165) is 25.2 Å². The topological polar surface area (TPSA) is 28.2 Å². The van der Waals surface area contributed by atoms with E-state index in [1.807, 2.05) is 0 Å². The zero-order chi connectivity index (χ0) is 13.1. The van der Waals surface area contributed by atoms with E-state index in [1.54, 1.807) is 0 Å². The Morgan fingerprint density at radius 3 is 1.21 bits per heavy atom. The zero-order valence-electron chi connectivity index (χ0n) is 13.2. The first-order valence-electron chi connectivity index (χ1n) is 8.20. The summed E-state index contributed by atoms with van der Waals surface area (Å²) in [6.45, 7) is 6.30. The van der Waals surface area contributed by atoms with Crippen LogP contribution in [0.4, 0.5) is 0 Å². The predicted octanol–water partition coefficient (Wildman–Crippen LogP) is 5.04. The fraction of sp³-hybridized carbons (Fsp3) is 1.00. The van der Waals surface area contributed by atoms with Gasteiger partial charge in [-0.1, -0.05) is 78.1 Å². The molecule has 3 heteroatoms. The van der Waals surface area contributed by atoms with Crippen molar-refractivity contribution in [2.75, 3.05) is 13.1 Å². The van der Waals surface area contributed by atoms with E-state index in [2.05, 4.69) is 24.5 Å². The van der Waals surface area contributed by atoms with Crippen molar-refractivity contribution in [2.45, 2.75) is 90.1 Å². The van der Waals surface area contributed by atoms with E-state index >= 15 is 0 Å². The Labute approximate surface area is 137 Å². The summed E-state index contributed by atoms with van der Waals surface area (Å²) in [5.41, 5.74) is 0. The van der Waals surface area contributed by atoms with E-state index in [-0.39, 0.29) is 23.1 Å². The molecule has 0 bridgehead atoms. The van der Waals surface area contributed by atoms with E-state index in [9.17, 15) is 0 Å². The van der Waals surface area contributed by atoms with Gasteiger partial charge in [-0.15, -0.1) is 12.1 Å². The standard InChI is InChI=1S/2C8H16N.Mg/c2*1-2-9-8-6-4-3-5-7-8;/h2*8H,2-7H2,1H3;/q2*-1;+2. The molecule has 0 N–H and O–H groups in total. The largest absolute Gasteiger partial charge is 2.00 e. The van der Waals surface area contributed by atoms with Gasteiger partial charge in [-0.25, -0.2) is 0 Å². The molecular weight excluding hydrogens is 244 g/mol. The Balaban J connectivity index is 0.000000324. The van der Waals surface area contributed by atoms with Gasteiger partial charge in [0, 0.05) is 0 Å². The summed E-state index contributed by atoms with van der Waals surface area (Å²) in [7, 11) is 0. The summed E-state index contributed by atoms with van der Waals surface area (Å²) in [6.07, 6.45) is 13.9. The third kappa shape index (κ3) is 10.1. The number of hydrogen-bond donors (Lipinski definition) is 0. The minimum absolute atomic E-state index is 0. The van der Waals surface area contributed by atoms with Crippen molar-refractivity contribution in [1.82, 2.24) is 0 Å². The fourth-order valence-corrected chi connectivity index (χ4v) is 3.04. The fourth-order valence-electron chi connectivity index (χ4n) is 3.04. The molecule has 2 saturated carbocycles. The second-order valence-electron chi connectivity index (χ2n) is 5.58. The average molecular weight is 277 g/mol. The predicted molar refractivity (Wildman–Crippen MR) is 87.3 cm³/mol. The molecule has 0 spiro atoms. The Bertz CT molecular complexity index is 150. The van der Waals surface area contributed by atoms with E-state index in [4.69, 9.17) is 0 Å². The molecule has 2 nitrogen and oxygen atoms in total. The van der Waals surface area contributed by atoms with Crippen molar-refractivity contribution in [2.24, 2.45) is 0 Å². The Morgan fingerprint density at radius 1 is 0.632 bits per heavy atom. The van der Waals surface area contributed by atoms with Gasteiger partial charge in [-0.05, 0) is 0 Å². The minimum atomic E-state index is 0. The molecule has 2 aliphatic carbocycles. The molecule has 0 unspecified atom stereocenters. The molecule has 108 valence electrons. The van der Waals surface area contributed by atoms with Crippen molar-refractivity contribution >= 4 is 23.1 Å². The number of hydrogen-bond acceptors (Lipinski definition) is 0. The van der Waals surface area contributed by atoms with E-state index < -0.39 is 0 Å².